The maximum atomic E-state index is 12.1. The zero-order chi connectivity index (χ0) is 18.4. The number of hydrogen-bond acceptors (Lipinski definition) is 5. The Morgan fingerprint density at radius 2 is 1.88 bits per heavy atom. The van der Waals surface area contributed by atoms with Crippen molar-refractivity contribution in [2.45, 2.75) is 25.1 Å². The van der Waals surface area contributed by atoms with Crippen molar-refractivity contribution in [2.24, 2.45) is 10.9 Å². The van der Waals surface area contributed by atoms with Gasteiger partial charge in [-0.05, 0) is 24.3 Å². The second kappa shape index (κ2) is 6.64. The molecular formula is C17H23N3O3S2. The highest BCUT2D eigenvalue weighted by Crippen LogP contribution is 2.41. The minimum absolute atomic E-state index is 0.0720. The lowest BCUT2D eigenvalue weighted by atomic mass is 10.2. The maximum absolute atomic E-state index is 12.1. The van der Waals surface area contributed by atoms with Crippen LogP contribution in [0, 0.1) is 5.92 Å². The van der Waals surface area contributed by atoms with Gasteiger partial charge in [0.1, 0.15) is 0 Å². The SMILES string of the molecule is CC(C)C(=O)N=C1SC2CS(=O)(=O)CC2N1c1ccc(N(C)C)cc1. The Labute approximate surface area is 153 Å². The fraction of sp³-hybridized carbons (Fsp3) is 0.529. The Morgan fingerprint density at radius 1 is 1.24 bits per heavy atom. The molecule has 0 N–H and O–H groups in total. The number of hydrogen-bond donors (Lipinski definition) is 0. The summed E-state index contributed by atoms with van der Waals surface area (Å²) in [6.07, 6.45) is 0. The van der Waals surface area contributed by atoms with Crippen molar-refractivity contribution in [1.82, 2.24) is 0 Å². The van der Waals surface area contributed by atoms with Gasteiger partial charge in [-0.3, -0.25) is 4.79 Å². The summed E-state index contributed by atoms with van der Waals surface area (Å²) in [6.45, 7) is 3.63. The van der Waals surface area contributed by atoms with Gasteiger partial charge < -0.3 is 9.80 Å². The summed E-state index contributed by atoms with van der Waals surface area (Å²) in [6, 6.07) is 7.72. The number of amidine groups is 1. The number of rotatable bonds is 3. The summed E-state index contributed by atoms with van der Waals surface area (Å²) in [4.78, 5) is 20.3. The molecule has 0 spiro atoms. The molecule has 3 rings (SSSR count). The van der Waals surface area contributed by atoms with Crippen LogP contribution in [0.25, 0.3) is 0 Å². The van der Waals surface area contributed by atoms with Gasteiger partial charge in [-0.1, -0.05) is 25.6 Å². The van der Waals surface area contributed by atoms with Crippen LogP contribution in [0.5, 0.6) is 0 Å². The molecule has 6 nitrogen and oxygen atoms in total. The number of fused-ring (bicyclic) bond motifs is 1. The van der Waals surface area contributed by atoms with Gasteiger partial charge in [-0.2, -0.15) is 4.99 Å². The number of amides is 1. The predicted octanol–water partition coefficient (Wildman–Crippen LogP) is 2.01. The van der Waals surface area contributed by atoms with Gasteiger partial charge in [-0.25, -0.2) is 8.42 Å². The van der Waals surface area contributed by atoms with E-state index in [1.807, 2.05) is 62.0 Å². The van der Waals surface area contributed by atoms with Gasteiger partial charge in [0, 0.05) is 36.6 Å². The van der Waals surface area contributed by atoms with Crippen molar-refractivity contribution in [3.63, 3.8) is 0 Å². The molecular weight excluding hydrogens is 358 g/mol. The Hall–Kier alpha value is -1.54. The molecule has 2 aliphatic heterocycles. The quantitative estimate of drug-likeness (QED) is 0.798. The topological polar surface area (TPSA) is 70.0 Å². The lowest BCUT2D eigenvalue weighted by Gasteiger charge is -2.25. The van der Waals surface area contributed by atoms with Crippen molar-refractivity contribution in [1.29, 1.82) is 0 Å². The molecule has 136 valence electrons. The van der Waals surface area contributed by atoms with Crippen LogP contribution < -0.4 is 9.80 Å². The van der Waals surface area contributed by atoms with E-state index >= 15 is 0 Å². The molecule has 2 saturated heterocycles. The minimum Gasteiger partial charge on any atom is -0.378 e. The highest BCUT2D eigenvalue weighted by Gasteiger charge is 2.49. The molecule has 0 saturated carbocycles. The van der Waals surface area contributed by atoms with Crippen LogP contribution in [0.3, 0.4) is 0 Å². The first kappa shape index (κ1) is 18.3. The monoisotopic (exact) mass is 381 g/mol. The summed E-state index contributed by atoms with van der Waals surface area (Å²) in [7, 11) is 0.887. The molecule has 8 heteroatoms. The molecule has 2 heterocycles. The summed E-state index contributed by atoms with van der Waals surface area (Å²) in [5.41, 5.74) is 1.93. The number of sulfone groups is 1. The zero-order valence-electron chi connectivity index (χ0n) is 14.8. The molecule has 0 aromatic heterocycles. The van der Waals surface area contributed by atoms with Gasteiger partial charge in [0.2, 0.25) is 0 Å². The van der Waals surface area contributed by atoms with E-state index in [9.17, 15) is 13.2 Å². The molecule has 0 bridgehead atoms. The van der Waals surface area contributed by atoms with E-state index in [4.69, 9.17) is 0 Å². The number of nitrogens with zero attached hydrogens (tertiary/aromatic N) is 3. The van der Waals surface area contributed by atoms with E-state index in [0.29, 0.717) is 5.17 Å². The van der Waals surface area contributed by atoms with Crippen molar-refractivity contribution >= 4 is 44.0 Å². The first-order valence-corrected chi connectivity index (χ1v) is 10.9. The number of carbonyl (C=O) groups is 1. The standard InChI is InChI=1S/C17H23N3O3S2/c1-11(2)16(21)18-17-20(13-7-5-12(6-8-13)19(3)4)14-9-25(22,23)10-15(14)24-17/h5-8,11,14-15H,9-10H2,1-4H3. The predicted molar refractivity (Wildman–Crippen MR) is 104 cm³/mol. The molecule has 1 aromatic rings. The van der Waals surface area contributed by atoms with Gasteiger partial charge in [0.05, 0.1) is 17.5 Å². The molecule has 0 aliphatic carbocycles. The molecule has 25 heavy (non-hydrogen) atoms. The van der Waals surface area contributed by atoms with Crippen LogP contribution in [0.15, 0.2) is 29.3 Å². The summed E-state index contributed by atoms with van der Waals surface area (Å²) in [5, 5.41) is 0.540. The molecule has 0 radical (unpaired) electrons. The van der Waals surface area contributed by atoms with E-state index in [1.54, 1.807) is 0 Å². The second-order valence-electron chi connectivity index (χ2n) is 6.97. The lowest BCUT2D eigenvalue weighted by molar-refractivity contribution is -0.120. The first-order chi connectivity index (χ1) is 11.7. The maximum Gasteiger partial charge on any atom is 0.250 e. The fourth-order valence-electron chi connectivity index (χ4n) is 3.00. The Bertz CT molecular complexity index is 801. The Morgan fingerprint density at radius 3 is 2.44 bits per heavy atom. The van der Waals surface area contributed by atoms with Crippen LogP contribution in [-0.2, 0) is 14.6 Å². The number of thioether (sulfide) groups is 1. The molecule has 2 unspecified atom stereocenters. The lowest BCUT2D eigenvalue weighted by Crippen LogP contribution is -2.37. The normalized spacial score (nSPS) is 26.3. The van der Waals surface area contributed by atoms with Crippen molar-refractivity contribution in [2.75, 3.05) is 35.4 Å². The molecule has 1 aromatic carbocycles. The molecule has 2 atom stereocenters. The fourth-order valence-corrected chi connectivity index (χ4v) is 6.92. The first-order valence-electron chi connectivity index (χ1n) is 8.24. The summed E-state index contributed by atoms with van der Waals surface area (Å²) < 4.78 is 24.1. The van der Waals surface area contributed by atoms with E-state index in [-0.39, 0.29) is 34.6 Å². The van der Waals surface area contributed by atoms with Crippen molar-refractivity contribution in [3.05, 3.63) is 24.3 Å². The summed E-state index contributed by atoms with van der Waals surface area (Å²) in [5.74, 6) is -0.117. The molecule has 2 fully saturated rings. The number of anilines is 2. The largest absolute Gasteiger partial charge is 0.378 e. The highest BCUT2D eigenvalue weighted by molar-refractivity contribution is 8.16. The van der Waals surface area contributed by atoms with Crippen LogP contribution in [0.2, 0.25) is 0 Å². The minimum atomic E-state index is -3.05. The number of carbonyl (C=O) groups excluding carboxylic acids is 1. The van der Waals surface area contributed by atoms with E-state index in [0.717, 1.165) is 11.4 Å². The Balaban J connectivity index is 1.98. The summed E-state index contributed by atoms with van der Waals surface area (Å²) >= 11 is 1.41. The van der Waals surface area contributed by atoms with Crippen LogP contribution in [0.4, 0.5) is 11.4 Å². The highest BCUT2D eigenvalue weighted by atomic mass is 32.2. The third-order valence-corrected chi connectivity index (χ3v) is 7.62. The van der Waals surface area contributed by atoms with Crippen LogP contribution >= 0.6 is 11.8 Å². The molecule has 1 amide bonds. The van der Waals surface area contributed by atoms with Crippen molar-refractivity contribution in [3.8, 4) is 0 Å². The average molecular weight is 382 g/mol. The third-order valence-electron chi connectivity index (χ3n) is 4.41. The van der Waals surface area contributed by atoms with E-state index in [1.165, 1.54) is 11.8 Å². The van der Waals surface area contributed by atoms with E-state index < -0.39 is 9.84 Å². The van der Waals surface area contributed by atoms with E-state index in [2.05, 4.69) is 4.99 Å². The van der Waals surface area contributed by atoms with Crippen molar-refractivity contribution < 1.29 is 13.2 Å². The van der Waals surface area contributed by atoms with Crippen LogP contribution in [0.1, 0.15) is 13.8 Å². The van der Waals surface area contributed by atoms with Gasteiger partial charge in [-0.15, -0.1) is 0 Å². The average Bonchev–Trinajstić information content (AvgIpc) is 2.98. The smallest absolute Gasteiger partial charge is 0.250 e. The molecule has 2 aliphatic rings. The second-order valence-corrected chi connectivity index (χ2v) is 10.3. The van der Waals surface area contributed by atoms with Gasteiger partial charge >= 0.3 is 0 Å². The number of aliphatic imine (C=N–C) groups is 1. The van der Waals surface area contributed by atoms with Crippen LogP contribution in [-0.4, -0.2) is 56.4 Å². The Kier molecular flexibility index (Phi) is 4.85. The van der Waals surface area contributed by atoms with Gasteiger partial charge in [0.15, 0.2) is 15.0 Å². The van der Waals surface area contributed by atoms with Gasteiger partial charge in [0.25, 0.3) is 5.91 Å². The number of benzene rings is 1. The third kappa shape index (κ3) is 3.69. The zero-order valence-corrected chi connectivity index (χ0v) is 16.5.